The van der Waals surface area contributed by atoms with Gasteiger partial charge in [-0.05, 0) is 12.0 Å². The van der Waals surface area contributed by atoms with E-state index in [0.717, 1.165) is 12.0 Å². The average Bonchev–Trinajstić information content (AvgIpc) is 2.89. The molecule has 1 aliphatic heterocycles. The van der Waals surface area contributed by atoms with Crippen LogP contribution in [0.15, 0.2) is 30.3 Å². The molecule has 1 aliphatic rings. The lowest BCUT2D eigenvalue weighted by atomic mass is 10.0. The topological polar surface area (TPSA) is 64.8 Å². The number of rotatable bonds is 5. The second-order valence-electron chi connectivity index (χ2n) is 4.55. The highest BCUT2D eigenvalue weighted by atomic mass is 16.7. The molecule has 0 saturated carbocycles. The van der Waals surface area contributed by atoms with Crippen LogP contribution < -0.4 is 5.73 Å². The van der Waals surface area contributed by atoms with Crippen LogP contribution in [-0.4, -0.2) is 43.9 Å². The Balaban J connectivity index is 2.20. The van der Waals surface area contributed by atoms with E-state index in [1.165, 1.54) is 0 Å². The number of nitrogens with zero attached hydrogens (tertiary/aromatic N) is 1. The van der Waals surface area contributed by atoms with E-state index >= 15 is 0 Å². The van der Waals surface area contributed by atoms with Crippen molar-refractivity contribution in [2.24, 2.45) is 5.73 Å². The summed E-state index contributed by atoms with van der Waals surface area (Å²) in [6, 6.07) is 9.83. The molecular weight excluding hydrogens is 244 g/mol. The van der Waals surface area contributed by atoms with Crippen molar-refractivity contribution in [3.8, 4) is 0 Å². The molecule has 0 radical (unpaired) electrons. The Morgan fingerprint density at radius 2 is 2.16 bits per heavy atom. The molecule has 0 bridgehead atoms. The Bertz CT molecular complexity index is 410. The number of hydrogen-bond acceptors (Lipinski definition) is 4. The Hall–Kier alpha value is -1.43. The zero-order valence-corrected chi connectivity index (χ0v) is 11.1. The number of nitrogens with two attached hydrogens (primary N) is 1. The Morgan fingerprint density at radius 1 is 1.42 bits per heavy atom. The van der Waals surface area contributed by atoms with Crippen LogP contribution in [0.2, 0.25) is 0 Å². The molecule has 1 aromatic rings. The van der Waals surface area contributed by atoms with Crippen molar-refractivity contribution in [3.05, 3.63) is 35.9 Å². The zero-order valence-electron chi connectivity index (χ0n) is 11.1. The van der Waals surface area contributed by atoms with E-state index in [1.54, 1.807) is 12.0 Å². The number of amides is 1. The minimum absolute atomic E-state index is 0.0281. The number of ether oxygens (including phenoxy) is 2. The summed E-state index contributed by atoms with van der Waals surface area (Å²) in [5, 5.41) is 0. The molecule has 1 saturated heterocycles. The van der Waals surface area contributed by atoms with Crippen LogP contribution in [0.4, 0.5) is 0 Å². The molecule has 2 rings (SSSR count). The molecular formula is C14H20N2O3. The smallest absolute Gasteiger partial charge is 0.236 e. The lowest BCUT2D eigenvalue weighted by Crippen LogP contribution is -2.37. The third-order valence-corrected chi connectivity index (χ3v) is 3.38. The maximum absolute atomic E-state index is 11.9. The van der Waals surface area contributed by atoms with Gasteiger partial charge < -0.3 is 20.1 Å². The predicted molar refractivity (Wildman–Crippen MR) is 71.3 cm³/mol. The summed E-state index contributed by atoms with van der Waals surface area (Å²) in [4.78, 5) is 13.7. The molecule has 1 amide bonds. The highest BCUT2D eigenvalue weighted by Crippen LogP contribution is 2.34. The number of benzene rings is 1. The highest BCUT2D eigenvalue weighted by Gasteiger charge is 2.38. The first-order valence-electron chi connectivity index (χ1n) is 6.43. The fourth-order valence-corrected chi connectivity index (χ4v) is 2.54. The average molecular weight is 264 g/mol. The summed E-state index contributed by atoms with van der Waals surface area (Å²) in [5.41, 5.74) is 6.55. The molecule has 1 aromatic carbocycles. The molecule has 2 atom stereocenters. The Kier molecular flexibility index (Phi) is 4.90. The van der Waals surface area contributed by atoms with Crippen molar-refractivity contribution in [1.29, 1.82) is 0 Å². The minimum atomic E-state index is -0.0765. The van der Waals surface area contributed by atoms with Crippen LogP contribution >= 0.6 is 0 Å². The van der Waals surface area contributed by atoms with E-state index in [2.05, 4.69) is 0 Å². The van der Waals surface area contributed by atoms with Gasteiger partial charge in [-0.2, -0.15) is 0 Å². The molecule has 5 heteroatoms. The standard InChI is InChI=1S/C14H20N2O3/c1-18-10-19-12-7-8-16(13(17)9-15)14(12)11-5-3-2-4-6-11/h2-6,12,14H,7-10,15H2,1H3/t12-,14?/m0/s1. The van der Waals surface area contributed by atoms with Crippen molar-refractivity contribution >= 4 is 5.91 Å². The van der Waals surface area contributed by atoms with E-state index in [0.29, 0.717) is 6.54 Å². The van der Waals surface area contributed by atoms with E-state index in [4.69, 9.17) is 15.2 Å². The lowest BCUT2D eigenvalue weighted by Gasteiger charge is -2.28. The fraction of sp³-hybridized carbons (Fsp3) is 0.500. The number of carbonyl (C=O) groups excluding carboxylic acids is 1. The summed E-state index contributed by atoms with van der Waals surface area (Å²) >= 11 is 0. The van der Waals surface area contributed by atoms with Gasteiger partial charge in [-0.1, -0.05) is 30.3 Å². The maximum atomic E-state index is 11.9. The number of carbonyl (C=O) groups is 1. The maximum Gasteiger partial charge on any atom is 0.236 e. The number of hydrogen-bond donors (Lipinski definition) is 1. The van der Waals surface area contributed by atoms with Crippen LogP contribution in [0.3, 0.4) is 0 Å². The SMILES string of the molecule is COCO[C@H]1CCN(C(=O)CN)C1c1ccccc1. The second kappa shape index (κ2) is 6.65. The van der Waals surface area contributed by atoms with Crippen LogP contribution in [0.1, 0.15) is 18.0 Å². The van der Waals surface area contributed by atoms with Gasteiger partial charge in [0.2, 0.25) is 5.91 Å². The van der Waals surface area contributed by atoms with Crippen molar-refractivity contribution < 1.29 is 14.3 Å². The van der Waals surface area contributed by atoms with Crippen LogP contribution in [0.25, 0.3) is 0 Å². The summed E-state index contributed by atoms with van der Waals surface area (Å²) < 4.78 is 10.6. The monoisotopic (exact) mass is 264 g/mol. The van der Waals surface area contributed by atoms with E-state index in [9.17, 15) is 4.79 Å². The molecule has 0 spiro atoms. The van der Waals surface area contributed by atoms with Gasteiger partial charge in [0.15, 0.2) is 0 Å². The number of methoxy groups -OCH3 is 1. The number of likely N-dealkylation sites (tertiary alicyclic amines) is 1. The highest BCUT2D eigenvalue weighted by molar-refractivity contribution is 5.79. The molecule has 1 heterocycles. The first-order chi connectivity index (χ1) is 9.27. The lowest BCUT2D eigenvalue weighted by molar-refractivity contribution is -0.133. The first kappa shape index (κ1) is 14.0. The summed E-state index contributed by atoms with van der Waals surface area (Å²) in [7, 11) is 1.59. The molecule has 1 unspecified atom stereocenters. The molecule has 19 heavy (non-hydrogen) atoms. The molecule has 0 aromatic heterocycles. The van der Waals surface area contributed by atoms with Crippen molar-refractivity contribution in [3.63, 3.8) is 0 Å². The molecule has 104 valence electrons. The first-order valence-corrected chi connectivity index (χ1v) is 6.43. The predicted octanol–water partition coefficient (Wildman–Crippen LogP) is 0.908. The van der Waals surface area contributed by atoms with Crippen molar-refractivity contribution in [2.45, 2.75) is 18.6 Å². The Labute approximate surface area is 113 Å². The quantitative estimate of drug-likeness (QED) is 0.803. The summed E-state index contributed by atoms with van der Waals surface area (Å²) in [6.45, 7) is 0.933. The van der Waals surface area contributed by atoms with Crippen LogP contribution in [-0.2, 0) is 14.3 Å². The van der Waals surface area contributed by atoms with Gasteiger partial charge >= 0.3 is 0 Å². The van der Waals surface area contributed by atoms with Crippen LogP contribution in [0, 0.1) is 0 Å². The normalized spacial score (nSPS) is 22.7. The molecule has 0 aliphatic carbocycles. The summed E-state index contributed by atoms with van der Waals surface area (Å²) in [5.74, 6) is -0.0441. The Morgan fingerprint density at radius 3 is 2.79 bits per heavy atom. The molecule has 2 N–H and O–H groups in total. The van der Waals surface area contributed by atoms with Gasteiger partial charge in [-0.25, -0.2) is 0 Å². The minimum Gasteiger partial charge on any atom is -0.359 e. The third-order valence-electron chi connectivity index (χ3n) is 3.38. The zero-order chi connectivity index (χ0) is 13.7. The van der Waals surface area contributed by atoms with E-state index in [1.807, 2.05) is 30.3 Å². The van der Waals surface area contributed by atoms with Gasteiger partial charge in [0.25, 0.3) is 0 Å². The van der Waals surface area contributed by atoms with Gasteiger partial charge in [0.05, 0.1) is 18.7 Å². The second-order valence-corrected chi connectivity index (χ2v) is 4.55. The van der Waals surface area contributed by atoms with Crippen LogP contribution in [0.5, 0.6) is 0 Å². The third kappa shape index (κ3) is 3.12. The largest absolute Gasteiger partial charge is 0.359 e. The summed E-state index contributed by atoms with van der Waals surface area (Å²) in [6.07, 6.45) is 0.757. The molecule has 5 nitrogen and oxygen atoms in total. The van der Waals surface area contributed by atoms with E-state index in [-0.39, 0.29) is 31.4 Å². The van der Waals surface area contributed by atoms with Crippen molar-refractivity contribution in [1.82, 2.24) is 4.90 Å². The van der Waals surface area contributed by atoms with Gasteiger partial charge in [-0.15, -0.1) is 0 Å². The van der Waals surface area contributed by atoms with Crippen molar-refractivity contribution in [2.75, 3.05) is 27.0 Å². The fourth-order valence-electron chi connectivity index (χ4n) is 2.54. The van der Waals surface area contributed by atoms with Gasteiger partial charge in [0.1, 0.15) is 6.79 Å². The molecule has 1 fully saturated rings. The van der Waals surface area contributed by atoms with E-state index < -0.39 is 0 Å². The van der Waals surface area contributed by atoms with Gasteiger partial charge in [0, 0.05) is 13.7 Å². The van der Waals surface area contributed by atoms with Gasteiger partial charge in [-0.3, -0.25) is 4.79 Å².